The Kier molecular flexibility index (Phi) is 6.12. The predicted molar refractivity (Wildman–Crippen MR) is 81.6 cm³/mol. The van der Waals surface area contributed by atoms with Crippen molar-refractivity contribution in [1.29, 1.82) is 0 Å². The first-order chi connectivity index (χ1) is 9.04. The number of hydrogen-bond acceptors (Lipinski definition) is 3. The van der Waals surface area contributed by atoms with Crippen molar-refractivity contribution >= 4 is 11.8 Å². The highest BCUT2D eigenvalue weighted by atomic mass is 15.2. The van der Waals surface area contributed by atoms with Gasteiger partial charge in [0.2, 0.25) is 0 Å². The summed E-state index contributed by atoms with van der Waals surface area (Å²) >= 11 is 0. The molecule has 0 unspecified atom stereocenters. The Labute approximate surface area is 116 Å². The Hall–Kier alpha value is -1.78. The summed E-state index contributed by atoms with van der Waals surface area (Å²) in [4.78, 5) is 10.6. The summed E-state index contributed by atoms with van der Waals surface area (Å²) in [7, 11) is 5.78. The van der Waals surface area contributed by atoms with Crippen LogP contribution in [0.1, 0.15) is 19.4 Å². The summed E-state index contributed by atoms with van der Waals surface area (Å²) in [6.45, 7) is 5.96. The molecule has 5 heteroatoms. The number of anilines is 1. The van der Waals surface area contributed by atoms with Crippen molar-refractivity contribution in [3.8, 4) is 0 Å². The lowest BCUT2D eigenvalue weighted by Gasteiger charge is -2.18. The molecule has 0 bridgehead atoms. The third-order valence-electron chi connectivity index (χ3n) is 2.64. The van der Waals surface area contributed by atoms with Crippen molar-refractivity contribution in [3.63, 3.8) is 0 Å². The first-order valence-electron chi connectivity index (χ1n) is 6.60. The SMILES string of the molecule is CN=C(NCc1cccnc1N(C)C)NCC(C)C. The van der Waals surface area contributed by atoms with Gasteiger partial charge in [0.1, 0.15) is 5.82 Å². The molecule has 1 heterocycles. The fourth-order valence-electron chi connectivity index (χ4n) is 1.67. The number of nitrogens with zero attached hydrogens (tertiary/aromatic N) is 3. The first-order valence-corrected chi connectivity index (χ1v) is 6.60. The lowest BCUT2D eigenvalue weighted by molar-refractivity contribution is 0.614. The van der Waals surface area contributed by atoms with Crippen molar-refractivity contribution in [3.05, 3.63) is 23.9 Å². The van der Waals surface area contributed by atoms with Crippen LogP contribution in [-0.2, 0) is 6.54 Å². The molecule has 0 aliphatic heterocycles. The van der Waals surface area contributed by atoms with E-state index in [9.17, 15) is 0 Å². The number of aliphatic imine (C=N–C) groups is 1. The molecule has 5 nitrogen and oxygen atoms in total. The molecule has 2 N–H and O–H groups in total. The van der Waals surface area contributed by atoms with E-state index >= 15 is 0 Å². The second-order valence-electron chi connectivity index (χ2n) is 5.08. The highest BCUT2D eigenvalue weighted by Gasteiger charge is 2.06. The topological polar surface area (TPSA) is 52.6 Å². The van der Waals surface area contributed by atoms with Gasteiger partial charge in [0.15, 0.2) is 5.96 Å². The summed E-state index contributed by atoms with van der Waals surface area (Å²) < 4.78 is 0. The van der Waals surface area contributed by atoms with Crippen molar-refractivity contribution in [2.24, 2.45) is 10.9 Å². The molecule has 0 saturated heterocycles. The van der Waals surface area contributed by atoms with Gasteiger partial charge in [0.25, 0.3) is 0 Å². The van der Waals surface area contributed by atoms with Crippen molar-refractivity contribution in [1.82, 2.24) is 15.6 Å². The smallest absolute Gasteiger partial charge is 0.191 e. The van der Waals surface area contributed by atoms with Crippen molar-refractivity contribution in [2.45, 2.75) is 20.4 Å². The minimum Gasteiger partial charge on any atom is -0.362 e. The summed E-state index contributed by atoms with van der Waals surface area (Å²) in [5.41, 5.74) is 1.15. The van der Waals surface area contributed by atoms with Gasteiger partial charge >= 0.3 is 0 Å². The molecular weight excluding hydrogens is 238 g/mol. The van der Waals surface area contributed by atoms with Gasteiger partial charge in [-0.05, 0) is 12.0 Å². The van der Waals surface area contributed by atoms with Gasteiger partial charge in [-0.25, -0.2) is 4.98 Å². The van der Waals surface area contributed by atoms with Gasteiger partial charge in [-0.2, -0.15) is 0 Å². The van der Waals surface area contributed by atoms with Crippen LogP contribution in [0.3, 0.4) is 0 Å². The molecular formula is C14H25N5. The highest BCUT2D eigenvalue weighted by molar-refractivity contribution is 5.79. The van der Waals surface area contributed by atoms with Crippen molar-refractivity contribution < 1.29 is 0 Å². The van der Waals surface area contributed by atoms with Crippen LogP contribution in [0.25, 0.3) is 0 Å². The molecule has 0 fully saturated rings. The fourth-order valence-corrected chi connectivity index (χ4v) is 1.67. The number of rotatable bonds is 5. The number of aromatic nitrogens is 1. The molecule has 1 aromatic heterocycles. The molecule has 0 amide bonds. The Morgan fingerprint density at radius 3 is 2.68 bits per heavy atom. The molecule has 19 heavy (non-hydrogen) atoms. The zero-order chi connectivity index (χ0) is 14.3. The molecule has 106 valence electrons. The minimum atomic E-state index is 0.592. The van der Waals surface area contributed by atoms with Crippen LogP contribution in [0.5, 0.6) is 0 Å². The maximum atomic E-state index is 4.38. The molecule has 0 aliphatic carbocycles. The molecule has 0 radical (unpaired) electrons. The van der Waals surface area contributed by atoms with E-state index in [4.69, 9.17) is 0 Å². The highest BCUT2D eigenvalue weighted by Crippen LogP contribution is 2.13. The first kappa shape index (κ1) is 15.3. The normalized spacial score (nSPS) is 11.6. The van der Waals surface area contributed by atoms with Crippen LogP contribution < -0.4 is 15.5 Å². The lowest BCUT2D eigenvalue weighted by atomic mass is 10.2. The Morgan fingerprint density at radius 2 is 2.11 bits per heavy atom. The van der Waals surface area contributed by atoms with Gasteiger partial charge in [-0.3, -0.25) is 4.99 Å². The van der Waals surface area contributed by atoms with Gasteiger partial charge in [-0.15, -0.1) is 0 Å². The second kappa shape index (κ2) is 7.61. The molecule has 0 aromatic carbocycles. The number of hydrogen-bond donors (Lipinski definition) is 2. The van der Waals surface area contributed by atoms with E-state index in [-0.39, 0.29) is 0 Å². The van der Waals surface area contributed by atoms with Gasteiger partial charge in [0, 0.05) is 46.0 Å². The van der Waals surface area contributed by atoms with Crippen LogP contribution in [0.15, 0.2) is 23.3 Å². The largest absolute Gasteiger partial charge is 0.362 e. The summed E-state index contributed by atoms with van der Waals surface area (Å²) in [5.74, 6) is 2.39. The third-order valence-corrected chi connectivity index (χ3v) is 2.64. The van der Waals surface area contributed by atoms with Gasteiger partial charge in [-0.1, -0.05) is 19.9 Å². The average Bonchev–Trinajstić information content (AvgIpc) is 2.39. The monoisotopic (exact) mass is 263 g/mol. The van der Waals surface area contributed by atoms with E-state index in [0.717, 1.165) is 23.9 Å². The lowest BCUT2D eigenvalue weighted by Crippen LogP contribution is -2.38. The van der Waals surface area contributed by atoms with Crippen molar-refractivity contribution in [2.75, 3.05) is 32.6 Å². The maximum Gasteiger partial charge on any atom is 0.191 e. The molecule has 0 saturated carbocycles. The Morgan fingerprint density at radius 1 is 1.37 bits per heavy atom. The van der Waals surface area contributed by atoms with E-state index < -0.39 is 0 Å². The summed E-state index contributed by atoms with van der Waals surface area (Å²) in [6, 6.07) is 4.03. The summed E-state index contributed by atoms with van der Waals surface area (Å²) in [5, 5.41) is 6.60. The van der Waals surface area contributed by atoms with Crippen LogP contribution in [0.2, 0.25) is 0 Å². The maximum absolute atomic E-state index is 4.38. The predicted octanol–water partition coefficient (Wildman–Crippen LogP) is 1.47. The van der Waals surface area contributed by atoms with Crippen LogP contribution in [0, 0.1) is 5.92 Å². The molecule has 1 rings (SSSR count). The minimum absolute atomic E-state index is 0.592. The number of nitrogens with one attached hydrogen (secondary N) is 2. The average molecular weight is 263 g/mol. The van der Waals surface area contributed by atoms with Crippen LogP contribution in [0.4, 0.5) is 5.82 Å². The van der Waals surface area contributed by atoms with Crippen LogP contribution in [-0.4, -0.2) is 38.6 Å². The Bertz CT molecular complexity index is 412. The molecule has 0 spiro atoms. The van der Waals surface area contributed by atoms with Gasteiger partial charge < -0.3 is 15.5 Å². The summed E-state index contributed by atoms with van der Waals surface area (Å²) in [6.07, 6.45) is 1.81. The molecule has 0 aliphatic rings. The van der Waals surface area contributed by atoms with E-state index in [1.807, 2.05) is 31.3 Å². The van der Waals surface area contributed by atoms with Crippen LogP contribution >= 0.6 is 0 Å². The second-order valence-corrected chi connectivity index (χ2v) is 5.08. The van der Waals surface area contributed by atoms with E-state index in [2.05, 4.69) is 40.5 Å². The fraction of sp³-hybridized carbons (Fsp3) is 0.571. The third kappa shape index (κ3) is 5.16. The molecule has 0 atom stereocenters. The molecule has 1 aromatic rings. The number of guanidine groups is 1. The van der Waals surface area contributed by atoms with E-state index in [1.165, 1.54) is 0 Å². The number of pyridine rings is 1. The Balaban J connectivity index is 2.60. The standard InChI is InChI=1S/C14H25N5/c1-11(2)9-17-14(15-3)18-10-12-7-6-8-16-13(12)19(4)5/h6-8,11H,9-10H2,1-5H3,(H2,15,17,18). The van der Waals surface area contributed by atoms with Gasteiger partial charge in [0.05, 0.1) is 0 Å². The van der Waals surface area contributed by atoms with E-state index in [1.54, 1.807) is 7.05 Å². The van der Waals surface area contributed by atoms with E-state index in [0.29, 0.717) is 12.5 Å². The quantitative estimate of drug-likeness (QED) is 0.624. The zero-order valence-electron chi connectivity index (χ0n) is 12.6. The zero-order valence-corrected chi connectivity index (χ0v) is 12.6.